The average Bonchev–Trinajstić information content (AvgIpc) is 2.57. The summed E-state index contributed by atoms with van der Waals surface area (Å²) in [4.78, 5) is 9.21. The summed E-state index contributed by atoms with van der Waals surface area (Å²) in [6, 6.07) is 8.47. The second-order valence-corrected chi connectivity index (χ2v) is 6.37. The number of benzene rings is 1. The highest BCUT2D eigenvalue weighted by molar-refractivity contribution is 5.60. The van der Waals surface area contributed by atoms with Gasteiger partial charge in [-0.25, -0.2) is 0 Å². The predicted octanol–water partition coefficient (Wildman–Crippen LogP) is 3.57. The summed E-state index contributed by atoms with van der Waals surface area (Å²) >= 11 is 0. The normalized spacial score (nSPS) is 15.7. The molecular weight excluding hydrogens is 286 g/mol. The van der Waals surface area contributed by atoms with Crippen molar-refractivity contribution in [3.8, 4) is 0 Å². The highest BCUT2D eigenvalue weighted by atomic mass is 15.3. The molecule has 1 fully saturated rings. The van der Waals surface area contributed by atoms with Gasteiger partial charge in [-0.2, -0.15) is 10.1 Å². The third-order valence-corrected chi connectivity index (χ3v) is 4.51. The van der Waals surface area contributed by atoms with Gasteiger partial charge in [0.2, 0.25) is 5.95 Å². The van der Waals surface area contributed by atoms with Crippen molar-refractivity contribution >= 4 is 17.5 Å². The molecule has 2 heterocycles. The van der Waals surface area contributed by atoms with Crippen LogP contribution in [0.5, 0.6) is 0 Å². The summed E-state index contributed by atoms with van der Waals surface area (Å²) in [6.07, 6.45) is 4.15. The fourth-order valence-corrected chi connectivity index (χ4v) is 3.03. The monoisotopic (exact) mass is 311 g/mol. The van der Waals surface area contributed by atoms with Gasteiger partial charge < -0.3 is 9.80 Å². The summed E-state index contributed by atoms with van der Waals surface area (Å²) in [7, 11) is 0. The summed E-state index contributed by atoms with van der Waals surface area (Å²) in [5.41, 5.74) is 2.39. The molecule has 0 amide bonds. The average molecular weight is 311 g/mol. The van der Waals surface area contributed by atoms with Crippen LogP contribution >= 0.6 is 0 Å². The molecule has 5 heteroatoms. The summed E-state index contributed by atoms with van der Waals surface area (Å²) in [5.74, 6) is 2.41. The van der Waals surface area contributed by atoms with Crippen LogP contribution in [-0.4, -0.2) is 34.8 Å². The molecule has 0 aliphatic carbocycles. The number of aromatic nitrogens is 3. The smallest absolute Gasteiger partial charge is 0.247 e. The van der Waals surface area contributed by atoms with Gasteiger partial charge in [-0.3, -0.25) is 0 Å². The maximum atomic E-state index is 4.78. The fourth-order valence-electron chi connectivity index (χ4n) is 3.03. The Morgan fingerprint density at radius 1 is 1.26 bits per heavy atom. The quantitative estimate of drug-likeness (QED) is 0.863. The van der Waals surface area contributed by atoms with Crippen LogP contribution in [0.4, 0.5) is 17.5 Å². The highest BCUT2D eigenvalue weighted by Gasteiger charge is 2.19. The van der Waals surface area contributed by atoms with Crippen molar-refractivity contribution in [1.82, 2.24) is 15.2 Å². The van der Waals surface area contributed by atoms with Crippen molar-refractivity contribution in [2.24, 2.45) is 5.92 Å². The topological polar surface area (TPSA) is 45.2 Å². The molecule has 0 radical (unpaired) electrons. The zero-order valence-electron chi connectivity index (χ0n) is 14.2. The van der Waals surface area contributed by atoms with E-state index in [2.05, 4.69) is 65.0 Å². The second-order valence-electron chi connectivity index (χ2n) is 6.37. The number of hydrogen-bond acceptors (Lipinski definition) is 5. The molecule has 122 valence electrons. The van der Waals surface area contributed by atoms with Gasteiger partial charge >= 0.3 is 0 Å². The fraction of sp³-hybridized carbons (Fsp3) is 0.500. The van der Waals surface area contributed by atoms with E-state index in [1.807, 2.05) is 0 Å². The highest BCUT2D eigenvalue weighted by Crippen LogP contribution is 2.26. The van der Waals surface area contributed by atoms with Crippen molar-refractivity contribution in [1.29, 1.82) is 0 Å². The minimum absolute atomic E-state index is 0.750. The largest absolute Gasteiger partial charge is 0.339 e. The van der Waals surface area contributed by atoms with Crippen molar-refractivity contribution in [2.75, 3.05) is 29.4 Å². The maximum Gasteiger partial charge on any atom is 0.247 e. The molecule has 0 unspecified atom stereocenters. The molecule has 5 nitrogen and oxygen atoms in total. The number of nitrogens with zero attached hydrogens (tertiary/aromatic N) is 5. The Hall–Kier alpha value is -2.17. The van der Waals surface area contributed by atoms with Gasteiger partial charge in [-0.15, -0.1) is 5.10 Å². The van der Waals surface area contributed by atoms with Crippen LogP contribution in [0, 0.1) is 12.8 Å². The first-order chi connectivity index (χ1) is 11.2. The van der Waals surface area contributed by atoms with Gasteiger partial charge in [0, 0.05) is 25.3 Å². The van der Waals surface area contributed by atoms with Crippen molar-refractivity contribution in [2.45, 2.75) is 33.6 Å². The Morgan fingerprint density at radius 2 is 2.04 bits per heavy atom. The summed E-state index contributed by atoms with van der Waals surface area (Å²) in [6.45, 7) is 9.43. The van der Waals surface area contributed by atoms with E-state index in [0.717, 1.165) is 43.0 Å². The van der Waals surface area contributed by atoms with E-state index in [0.29, 0.717) is 0 Å². The Kier molecular flexibility index (Phi) is 4.74. The molecule has 0 atom stereocenters. The molecular formula is C18H25N5. The zero-order valence-corrected chi connectivity index (χ0v) is 14.2. The Labute approximate surface area is 138 Å². The van der Waals surface area contributed by atoms with Gasteiger partial charge in [0.15, 0.2) is 5.82 Å². The van der Waals surface area contributed by atoms with Crippen LogP contribution < -0.4 is 9.80 Å². The van der Waals surface area contributed by atoms with E-state index in [9.17, 15) is 0 Å². The van der Waals surface area contributed by atoms with Crippen LogP contribution in [0.15, 0.2) is 30.5 Å². The third kappa shape index (κ3) is 3.60. The van der Waals surface area contributed by atoms with Crippen LogP contribution in [-0.2, 0) is 0 Å². The first kappa shape index (κ1) is 15.7. The van der Waals surface area contributed by atoms with Crippen molar-refractivity contribution in [3.05, 3.63) is 36.0 Å². The van der Waals surface area contributed by atoms with E-state index in [-0.39, 0.29) is 0 Å². The van der Waals surface area contributed by atoms with E-state index >= 15 is 0 Å². The maximum absolute atomic E-state index is 4.78. The SMILES string of the molecule is CCN(c1cccc(C)c1)c1cnnc(N2CCC(C)CC2)n1. The Bertz CT molecular complexity index is 649. The van der Waals surface area contributed by atoms with E-state index in [4.69, 9.17) is 4.98 Å². The van der Waals surface area contributed by atoms with Crippen LogP contribution in [0.3, 0.4) is 0 Å². The van der Waals surface area contributed by atoms with Gasteiger partial charge in [0.25, 0.3) is 0 Å². The number of hydrogen-bond donors (Lipinski definition) is 0. The lowest BCUT2D eigenvalue weighted by Gasteiger charge is -2.30. The Balaban J connectivity index is 1.85. The Morgan fingerprint density at radius 3 is 2.74 bits per heavy atom. The molecule has 23 heavy (non-hydrogen) atoms. The van der Waals surface area contributed by atoms with Crippen molar-refractivity contribution in [3.63, 3.8) is 0 Å². The van der Waals surface area contributed by atoms with Gasteiger partial charge in [-0.1, -0.05) is 19.1 Å². The predicted molar refractivity (Wildman–Crippen MR) is 94.3 cm³/mol. The van der Waals surface area contributed by atoms with Gasteiger partial charge in [0.05, 0.1) is 6.20 Å². The number of aryl methyl sites for hydroxylation is 1. The molecule has 3 rings (SSSR count). The van der Waals surface area contributed by atoms with Crippen LogP contribution in [0.25, 0.3) is 0 Å². The first-order valence-corrected chi connectivity index (χ1v) is 8.46. The molecule has 0 saturated carbocycles. The molecule has 0 bridgehead atoms. The lowest BCUT2D eigenvalue weighted by atomic mass is 10.00. The van der Waals surface area contributed by atoms with E-state index in [1.54, 1.807) is 6.20 Å². The lowest BCUT2D eigenvalue weighted by Crippen LogP contribution is -2.34. The molecule has 1 saturated heterocycles. The number of anilines is 3. The number of piperidine rings is 1. The standard InChI is InChI=1S/C18H25N5/c1-4-23(16-7-5-6-15(3)12-16)17-13-19-21-18(20-17)22-10-8-14(2)9-11-22/h5-7,12-14H,4,8-11H2,1-3H3. The van der Waals surface area contributed by atoms with Gasteiger partial charge in [-0.05, 0) is 50.3 Å². The molecule has 1 aliphatic rings. The van der Waals surface area contributed by atoms with E-state index in [1.165, 1.54) is 18.4 Å². The summed E-state index contributed by atoms with van der Waals surface area (Å²) in [5, 5.41) is 8.45. The number of rotatable bonds is 4. The molecule has 0 spiro atoms. The summed E-state index contributed by atoms with van der Waals surface area (Å²) < 4.78 is 0. The zero-order chi connectivity index (χ0) is 16.2. The molecule has 2 aromatic rings. The second kappa shape index (κ2) is 6.94. The molecule has 1 aromatic carbocycles. The van der Waals surface area contributed by atoms with Crippen LogP contribution in [0.2, 0.25) is 0 Å². The first-order valence-electron chi connectivity index (χ1n) is 8.46. The molecule has 0 N–H and O–H groups in total. The van der Waals surface area contributed by atoms with Crippen molar-refractivity contribution < 1.29 is 0 Å². The van der Waals surface area contributed by atoms with Gasteiger partial charge in [0.1, 0.15) is 0 Å². The lowest BCUT2D eigenvalue weighted by molar-refractivity contribution is 0.433. The minimum Gasteiger partial charge on any atom is -0.339 e. The molecule has 1 aliphatic heterocycles. The molecule has 1 aromatic heterocycles. The van der Waals surface area contributed by atoms with Crippen LogP contribution in [0.1, 0.15) is 32.3 Å². The third-order valence-electron chi connectivity index (χ3n) is 4.51. The van der Waals surface area contributed by atoms with E-state index < -0.39 is 0 Å². The minimum atomic E-state index is 0.750.